The highest BCUT2D eigenvalue weighted by Gasteiger charge is 2.53. The fourth-order valence-electron chi connectivity index (χ4n) is 6.94. The van der Waals surface area contributed by atoms with E-state index in [9.17, 15) is 19.5 Å². The largest absolute Gasteiger partial charge is 0.502 e. The molecule has 0 bridgehead atoms. The molecule has 2 amide bonds. The molecule has 0 unspecified atom stereocenters. The van der Waals surface area contributed by atoms with Crippen LogP contribution >= 0.6 is 0 Å². The average molecular weight is 608 g/mol. The van der Waals surface area contributed by atoms with Crippen LogP contribution in [-0.2, 0) is 23.9 Å². The number of phenolic OH excluding ortho intramolecular Hbond substituents is 1. The van der Waals surface area contributed by atoms with Crippen molar-refractivity contribution in [2.24, 2.45) is 16.8 Å². The van der Waals surface area contributed by atoms with Crippen LogP contribution in [0.1, 0.15) is 35.1 Å². The molecule has 13 nitrogen and oxygen atoms in total. The number of methoxy groups -OCH3 is 2. The van der Waals surface area contributed by atoms with E-state index in [4.69, 9.17) is 33.4 Å². The third kappa shape index (κ3) is 4.70. The molecule has 4 aliphatic heterocycles. The Kier molecular flexibility index (Phi) is 7.29. The zero-order valence-corrected chi connectivity index (χ0v) is 24.4. The number of aromatic hydroxyl groups is 1. The van der Waals surface area contributed by atoms with Gasteiger partial charge in [0.05, 0.1) is 52.4 Å². The minimum atomic E-state index is -0.680. The second kappa shape index (κ2) is 11.3. The second-order valence-electron chi connectivity index (χ2n) is 11.4. The van der Waals surface area contributed by atoms with Crippen LogP contribution in [0.4, 0.5) is 0 Å². The molecule has 7 rings (SSSR count). The van der Waals surface area contributed by atoms with Crippen LogP contribution in [0.15, 0.2) is 29.3 Å². The zero-order valence-electron chi connectivity index (χ0n) is 24.4. The Morgan fingerprint density at radius 2 is 1.61 bits per heavy atom. The fraction of sp³-hybridized carbons (Fsp3) is 0.484. The van der Waals surface area contributed by atoms with E-state index < -0.39 is 35.7 Å². The highest BCUT2D eigenvalue weighted by atomic mass is 16.7. The number of hydrogen-bond donors (Lipinski definition) is 1. The standard InChI is InChI=1S/C31H33N3O10/c1-39-23-9-16(10-24(40-2)29(23)36)26-17-11-21-22(44-15-43-21)12-18(17)28(19-14-42-31(38)27(19)26)32-20-13-25(35)34(30(20)37)4-3-33-5-7-41-8-6-33/h9-12,19,26-28,36H,3-8,13-15H2,1-2H3/t19-,26+,27-,28+/m0/s1. The molecule has 3 saturated heterocycles. The number of phenols is 1. The van der Waals surface area contributed by atoms with Crippen LogP contribution in [0.25, 0.3) is 0 Å². The van der Waals surface area contributed by atoms with Crippen LogP contribution in [0.2, 0.25) is 0 Å². The summed E-state index contributed by atoms with van der Waals surface area (Å²) in [4.78, 5) is 48.3. The van der Waals surface area contributed by atoms with Gasteiger partial charge in [0.1, 0.15) is 5.71 Å². The van der Waals surface area contributed by atoms with Gasteiger partial charge in [0.25, 0.3) is 5.91 Å². The van der Waals surface area contributed by atoms with Gasteiger partial charge in [-0.15, -0.1) is 0 Å². The van der Waals surface area contributed by atoms with Gasteiger partial charge in [-0.1, -0.05) is 0 Å². The summed E-state index contributed by atoms with van der Waals surface area (Å²) in [5.41, 5.74) is 2.30. The molecule has 3 fully saturated rings. The summed E-state index contributed by atoms with van der Waals surface area (Å²) in [5.74, 6) is -1.49. The minimum absolute atomic E-state index is 0.0446. The smallest absolute Gasteiger partial charge is 0.310 e. The van der Waals surface area contributed by atoms with E-state index in [0.717, 1.165) is 24.2 Å². The molecule has 4 heterocycles. The minimum Gasteiger partial charge on any atom is -0.502 e. The van der Waals surface area contributed by atoms with Gasteiger partial charge in [0.15, 0.2) is 23.0 Å². The molecule has 2 aromatic rings. The number of rotatable bonds is 7. The van der Waals surface area contributed by atoms with Crippen molar-refractivity contribution >= 4 is 23.5 Å². The van der Waals surface area contributed by atoms with Crippen LogP contribution < -0.4 is 18.9 Å². The monoisotopic (exact) mass is 607 g/mol. The Morgan fingerprint density at radius 1 is 0.932 bits per heavy atom. The third-order valence-corrected chi connectivity index (χ3v) is 9.16. The predicted molar refractivity (Wildman–Crippen MR) is 152 cm³/mol. The lowest BCUT2D eigenvalue weighted by Crippen LogP contribution is -2.43. The fourth-order valence-corrected chi connectivity index (χ4v) is 6.94. The summed E-state index contributed by atoms with van der Waals surface area (Å²) in [6, 6.07) is 6.37. The Morgan fingerprint density at radius 3 is 2.30 bits per heavy atom. The van der Waals surface area contributed by atoms with Crippen molar-refractivity contribution in [3.8, 4) is 28.7 Å². The molecule has 0 aromatic heterocycles. The van der Waals surface area contributed by atoms with Crippen LogP contribution in [0.5, 0.6) is 28.7 Å². The first kappa shape index (κ1) is 28.4. The number of aliphatic imine (C=N–C) groups is 1. The molecule has 0 radical (unpaired) electrons. The number of cyclic esters (lactones) is 1. The maximum atomic E-state index is 13.5. The van der Waals surface area contributed by atoms with Gasteiger partial charge in [-0.25, -0.2) is 0 Å². The molecular formula is C31H33N3O10. The summed E-state index contributed by atoms with van der Waals surface area (Å²) in [5, 5.41) is 10.6. The molecule has 0 spiro atoms. The normalized spacial score (nSPS) is 27.0. The first-order valence-electron chi connectivity index (χ1n) is 14.6. The van der Waals surface area contributed by atoms with E-state index in [1.54, 1.807) is 12.1 Å². The van der Waals surface area contributed by atoms with Crippen molar-refractivity contribution in [3.05, 3.63) is 41.0 Å². The Hall–Kier alpha value is -4.36. The molecular weight excluding hydrogens is 574 g/mol. The number of likely N-dealkylation sites (tertiary alicyclic amines) is 1. The SMILES string of the molecule is COc1cc([C@@H]2c3cc4c(cc3[C@@H](N=C3CC(=O)N(CCN5CCOCC5)C3=O)[C@H]3COC(=O)[C@H]23)OCO4)cc(OC)c1O. The van der Waals surface area contributed by atoms with E-state index in [0.29, 0.717) is 36.8 Å². The first-order chi connectivity index (χ1) is 21.4. The van der Waals surface area contributed by atoms with E-state index in [1.165, 1.54) is 19.1 Å². The summed E-state index contributed by atoms with van der Waals surface area (Å²) in [6.45, 7) is 3.74. The first-order valence-corrected chi connectivity index (χ1v) is 14.6. The molecule has 232 valence electrons. The van der Waals surface area contributed by atoms with E-state index >= 15 is 0 Å². The Bertz CT molecular complexity index is 1530. The quantitative estimate of drug-likeness (QED) is 0.362. The van der Waals surface area contributed by atoms with Crippen LogP contribution in [0.3, 0.4) is 0 Å². The molecule has 1 aliphatic carbocycles. The lowest BCUT2D eigenvalue weighted by atomic mass is 9.65. The third-order valence-electron chi connectivity index (χ3n) is 9.16. The number of benzene rings is 2. The lowest BCUT2D eigenvalue weighted by molar-refractivity contribution is -0.142. The van der Waals surface area contributed by atoms with Gasteiger partial charge in [0, 0.05) is 38.0 Å². The number of nitrogens with zero attached hydrogens (tertiary/aromatic N) is 3. The van der Waals surface area contributed by atoms with E-state index in [1.807, 2.05) is 12.1 Å². The number of imide groups is 1. The predicted octanol–water partition coefficient (Wildman–Crippen LogP) is 1.65. The van der Waals surface area contributed by atoms with Gasteiger partial charge in [0.2, 0.25) is 18.4 Å². The van der Waals surface area contributed by atoms with Gasteiger partial charge >= 0.3 is 5.97 Å². The highest BCUT2D eigenvalue weighted by Crippen LogP contribution is 2.56. The molecule has 0 saturated carbocycles. The van der Waals surface area contributed by atoms with Crippen LogP contribution in [-0.4, -0.2) is 105 Å². The summed E-state index contributed by atoms with van der Waals surface area (Å²) in [7, 11) is 2.88. The molecule has 2 aromatic carbocycles. The highest BCUT2D eigenvalue weighted by molar-refractivity contribution is 6.48. The number of hydrogen-bond acceptors (Lipinski definition) is 12. The van der Waals surface area contributed by atoms with Crippen molar-refractivity contribution in [1.29, 1.82) is 0 Å². The van der Waals surface area contributed by atoms with Gasteiger partial charge < -0.3 is 33.5 Å². The van der Waals surface area contributed by atoms with Crippen LogP contribution in [0, 0.1) is 11.8 Å². The van der Waals surface area contributed by atoms with Gasteiger partial charge in [-0.2, -0.15) is 0 Å². The van der Waals surface area contributed by atoms with E-state index in [-0.39, 0.29) is 55.2 Å². The average Bonchev–Trinajstić information content (AvgIpc) is 3.73. The molecule has 4 atom stereocenters. The van der Waals surface area contributed by atoms with Crippen molar-refractivity contribution in [3.63, 3.8) is 0 Å². The van der Waals surface area contributed by atoms with Crippen molar-refractivity contribution in [1.82, 2.24) is 9.80 Å². The van der Waals surface area contributed by atoms with Gasteiger partial charge in [-0.05, 0) is 41.0 Å². The number of carbonyl (C=O) groups is 3. The lowest BCUT2D eigenvalue weighted by Gasteiger charge is -2.37. The molecule has 44 heavy (non-hydrogen) atoms. The molecule has 1 N–H and O–H groups in total. The summed E-state index contributed by atoms with van der Waals surface area (Å²) < 4.78 is 33.3. The number of carbonyl (C=O) groups excluding carboxylic acids is 3. The zero-order chi connectivity index (χ0) is 30.5. The topological polar surface area (TPSA) is 146 Å². The number of esters is 1. The Labute approximate surface area is 253 Å². The second-order valence-corrected chi connectivity index (χ2v) is 11.4. The maximum absolute atomic E-state index is 13.5. The van der Waals surface area contributed by atoms with Crippen molar-refractivity contribution in [2.45, 2.75) is 18.4 Å². The summed E-state index contributed by atoms with van der Waals surface area (Å²) in [6.07, 6.45) is -0.111. The number of amides is 2. The van der Waals surface area contributed by atoms with Crippen molar-refractivity contribution < 1.29 is 47.9 Å². The van der Waals surface area contributed by atoms with Crippen molar-refractivity contribution in [2.75, 3.05) is 67.0 Å². The molecule has 5 aliphatic rings. The number of ether oxygens (including phenoxy) is 6. The number of fused-ring (bicyclic) bond motifs is 3. The number of morpholine rings is 1. The van der Waals surface area contributed by atoms with Gasteiger partial charge in [-0.3, -0.25) is 29.2 Å². The maximum Gasteiger partial charge on any atom is 0.310 e. The Balaban J connectivity index is 1.29. The molecule has 13 heteroatoms. The van der Waals surface area contributed by atoms with E-state index in [2.05, 4.69) is 4.90 Å². The summed E-state index contributed by atoms with van der Waals surface area (Å²) >= 11 is 0.